The molecule has 0 aromatic carbocycles. The van der Waals surface area contributed by atoms with E-state index in [2.05, 4.69) is 50.3 Å². The molecule has 86 valence electrons. The summed E-state index contributed by atoms with van der Waals surface area (Å²) in [4.78, 5) is 5.45. The average Bonchev–Trinajstić information content (AvgIpc) is 2.59. The molecule has 0 radical (unpaired) electrons. The molecule has 0 saturated carbocycles. The van der Waals surface area contributed by atoms with E-state index < -0.39 is 0 Å². The molecule has 0 aliphatic rings. The minimum Gasteiger partial charge on any atom is -0.359 e. The van der Waals surface area contributed by atoms with Gasteiger partial charge in [-0.2, -0.15) is 0 Å². The highest BCUT2D eigenvalue weighted by Gasteiger charge is 1.98. The van der Waals surface area contributed by atoms with Crippen LogP contribution in [0.1, 0.15) is 4.88 Å². The van der Waals surface area contributed by atoms with E-state index >= 15 is 0 Å². The summed E-state index contributed by atoms with van der Waals surface area (Å²) < 4.78 is 1.34. The Hall–Kier alpha value is 0.430. The van der Waals surface area contributed by atoms with E-state index in [9.17, 15) is 0 Å². The molecule has 0 spiro atoms. The van der Waals surface area contributed by atoms with Crippen LogP contribution in [0, 0.1) is 2.88 Å². The summed E-state index contributed by atoms with van der Waals surface area (Å²) in [6.07, 6.45) is 1.05. The summed E-state index contributed by atoms with van der Waals surface area (Å²) in [5.41, 5.74) is 0. The van der Waals surface area contributed by atoms with E-state index in [0.717, 1.165) is 18.9 Å². The van der Waals surface area contributed by atoms with E-state index in [1.165, 1.54) is 7.76 Å². The molecule has 0 fully saturated rings. The fraction of sp³-hybridized carbons (Fsp3) is 0.444. The minimum absolute atomic E-state index is 0. The number of halogens is 2. The molecule has 1 rings (SSSR count). The molecule has 6 heteroatoms. The molecule has 0 aliphatic carbocycles. The van der Waals surface area contributed by atoms with Crippen molar-refractivity contribution in [1.82, 2.24) is 10.6 Å². The molecular formula is C9H15I2N3S. The van der Waals surface area contributed by atoms with Crippen molar-refractivity contribution in [2.45, 2.75) is 6.42 Å². The van der Waals surface area contributed by atoms with Crippen molar-refractivity contribution in [2.24, 2.45) is 4.99 Å². The molecule has 0 saturated heterocycles. The van der Waals surface area contributed by atoms with Crippen LogP contribution in [0.4, 0.5) is 0 Å². The summed E-state index contributed by atoms with van der Waals surface area (Å²) in [5, 5.41) is 6.20. The summed E-state index contributed by atoms with van der Waals surface area (Å²) in [5.74, 6) is 0.844. The number of nitrogens with one attached hydrogen (secondary N) is 2. The molecule has 0 atom stereocenters. The highest BCUT2D eigenvalue weighted by atomic mass is 127. The van der Waals surface area contributed by atoms with Gasteiger partial charge in [-0.1, -0.05) is 0 Å². The van der Waals surface area contributed by atoms with Gasteiger partial charge in [0.1, 0.15) is 0 Å². The van der Waals surface area contributed by atoms with Gasteiger partial charge < -0.3 is 10.6 Å². The molecule has 15 heavy (non-hydrogen) atoms. The van der Waals surface area contributed by atoms with Gasteiger partial charge in [0.15, 0.2) is 5.96 Å². The van der Waals surface area contributed by atoms with E-state index in [1.807, 2.05) is 18.4 Å². The van der Waals surface area contributed by atoms with Gasteiger partial charge in [-0.15, -0.1) is 35.3 Å². The Morgan fingerprint density at radius 1 is 1.53 bits per heavy atom. The topological polar surface area (TPSA) is 36.4 Å². The smallest absolute Gasteiger partial charge is 0.190 e. The molecule has 1 aromatic heterocycles. The van der Waals surface area contributed by atoms with Crippen LogP contribution < -0.4 is 10.6 Å². The Morgan fingerprint density at radius 2 is 2.27 bits per heavy atom. The molecule has 3 nitrogen and oxygen atoms in total. The Balaban J connectivity index is 0.00000196. The molecule has 0 amide bonds. The van der Waals surface area contributed by atoms with Crippen LogP contribution in [0.5, 0.6) is 0 Å². The molecule has 1 heterocycles. The number of nitrogens with zero attached hydrogens (tertiary/aromatic N) is 1. The third kappa shape index (κ3) is 5.91. The Morgan fingerprint density at radius 3 is 2.73 bits per heavy atom. The minimum atomic E-state index is 0. The zero-order valence-electron chi connectivity index (χ0n) is 8.71. The van der Waals surface area contributed by atoms with E-state index in [-0.39, 0.29) is 24.0 Å². The summed E-state index contributed by atoms with van der Waals surface area (Å²) in [6, 6.07) is 4.32. The summed E-state index contributed by atoms with van der Waals surface area (Å²) >= 11 is 4.18. The van der Waals surface area contributed by atoms with Crippen LogP contribution in [0.25, 0.3) is 0 Å². The van der Waals surface area contributed by atoms with E-state index in [4.69, 9.17) is 0 Å². The normalized spacial score (nSPS) is 10.7. The van der Waals surface area contributed by atoms with Crippen LogP contribution in [-0.2, 0) is 6.42 Å². The fourth-order valence-corrected chi connectivity index (χ4v) is 2.82. The van der Waals surface area contributed by atoms with Crippen LogP contribution >= 0.6 is 57.9 Å². The van der Waals surface area contributed by atoms with Crippen molar-refractivity contribution in [2.75, 3.05) is 20.6 Å². The first kappa shape index (κ1) is 15.4. The zero-order valence-corrected chi connectivity index (χ0v) is 14.0. The molecule has 0 bridgehead atoms. The second kappa shape index (κ2) is 8.57. The number of hydrogen-bond donors (Lipinski definition) is 2. The lowest BCUT2D eigenvalue weighted by atomic mass is 10.3. The van der Waals surface area contributed by atoms with Gasteiger partial charge in [0, 0.05) is 25.5 Å². The second-order valence-electron chi connectivity index (χ2n) is 2.70. The number of hydrogen-bond acceptors (Lipinski definition) is 2. The Kier molecular flexibility index (Phi) is 8.81. The highest BCUT2D eigenvalue weighted by molar-refractivity contribution is 14.1. The molecular weight excluding hydrogens is 436 g/mol. The second-order valence-corrected chi connectivity index (χ2v) is 5.77. The lowest BCUT2D eigenvalue weighted by Crippen LogP contribution is -2.35. The maximum Gasteiger partial charge on any atom is 0.190 e. The largest absolute Gasteiger partial charge is 0.359 e. The number of guanidine groups is 1. The quantitative estimate of drug-likeness (QED) is 0.421. The van der Waals surface area contributed by atoms with E-state index in [1.54, 1.807) is 7.05 Å². The number of thiophene rings is 1. The lowest BCUT2D eigenvalue weighted by Gasteiger charge is -2.06. The van der Waals surface area contributed by atoms with Crippen LogP contribution in [0.15, 0.2) is 17.1 Å². The number of aliphatic imine (C=N–C) groups is 1. The first-order chi connectivity index (χ1) is 6.76. The third-order valence-electron chi connectivity index (χ3n) is 1.75. The third-order valence-corrected chi connectivity index (χ3v) is 3.71. The predicted molar refractivity (Wildman–Crippen MR) is 86.6 cm³/mol. The molecule has 1 aromatic rings. The maximum absolute atomic E-state index is 4.04. The first-order valence-electron chi connectivity index (χ1n) is 4.39. The van der Waals surface area contributed by atoms with Crippen LogP contribution in [-0.4, -0.2) is 26.6 Å². The van der Waals surface area contributed by atoms with Crippen molar-refractivity contribution >= 4 is 63.9 Å². The predicted octanol–water partition coefficient (Wildman–Crippen LogP) is 2.31. The van der Waals surface area contributed by atoms with Crippen molar-refractivity contribution in [1.29, 1.82) is 0 Å². The fourth-order valence-electron chi connectivity index (χ4n) is 1.07. The molecule has 2 N–H and O–H groups in total. The van der Waals surface area contributed by atoms with Gasteiger partial charge in [0.05, 0.1) is 2.88 Å². The lowest BCUT2D eigenvalue weighted by molar-refractivity contribution is 0.842. The monoisotopic (exact) mass is 451 g/mol. The van der Waals surface area contributed by atoms with Gasteiger partial charge >= 0.3 is 0 Å². The van der Waals surface area contributed by atoms with E-state index in [0.29, 0.717) is 0 Å². The van der Waals surface area contributed by atoms with Crippen LogP contribution in [0.2, 0.25) is 0 Å². The first-order valence-corrected chi connectivity index (χ1v) is 6.28. The van der Waals surface area contributed by atoms with Crippen molar-refractivity contribution in [3.05, 3.63) is 19.9 Å². The van der Waals surface area contributed by atoms with Crippen molar-refractivity contribution < 1.29 is 0 Å². The molecule has 0 aliphatic heterocycles. The van der Waals surface area contributed by atoms with Crippen LogP contribution in [0.3, 0.4) is 0 Å². The number of rotatable bonds is 3. The Bertz CT molecular complexity index is 312. The standard InChI is InChI=1S/C9H14IN3S.HI/c1-11-9(12-2)13-6-5-7-3-4-8(10)14-7;/h3-4H,5-6H2,1-2H3,(H2,11,12,13);1H. The van der Waals surface area contributed by atoms with Gasteiger partial charge in [-0.25, -0.2) is 0 Å². The zero-order chi connectivity index (χ0) is 10.4. The SMILES string of the molecule is CN=C(NC)NCCc1ccc(I)s1.I. The van der Waals surface area contributed by atoms with Gasteiger partial charge in [-0.3, -0.25) is 4.99 Å². The van der Waals surface area contributed by atoms with Crippen molar-refractivity contribution in [3.8, 4) is 0 Å². The van der Waals surface area contributed by atoms with Gasteiger partial charge in [0.2, 0.25) is 0 Å². The summed E-state index contributed by atoms with van der Waals surface area (Å²) in [6.45, 7) is 0.921. The Labute approximate surface area is 125 Å². The summed E-state index contributed by atoms with van der Waals surface area (Å²) in [7, 11) is 3.64. The average molecular weight is 451 g/mol. The van der Waals surface area contributed by atoms with Crippen molar-refractivity contribution in [3.63, 3.8) is 0 Å². The maximum atomic E-state index is 4.04. The highest BCUT2D eigenvalue weighted by Crippen LogP contribution is 2.18. The molecule has 0 unspecified atom stereocenters. The van der Waals surface area contributed by atoms with Gasteiger partial charge in [0.25, 0.3) is 0 Å². The van der Waals surface area contributed by atoms with Gasteiger partial charge in [-0.05, 0) is 41.1 Å².